The van der Waals surface area contributed by atoms with Crippen molar-refractivity contribution in [3.05, 3.63) is 0 Å². The SMILES string of the molecule is CC1CN(CCC2CCCN2)CC(=O)N1. The van der Waals surface area contributed by atoms with Gasteiger partial charge in [0.15, 0.2) is 0 Å². The summed E-state index contributed by atoms with van der Waals surface area (Å²) >= 11 is 0. The molecule has 0 radical (unpaired) electrons. The molecule has 2 fully saturated rings. The van der Waals surface area contributed by atoms with Crippen LogP contribution in [-0.2, 0) is 4.79 Å². The molecule has 1 amide bonds. The molecule has 0 aromatic heterocycles. The molecule has 2 heterocycles. The Morgan fingerprint density at radius 2 is 2.40 bits per heavy atom. The lowest BCUT2D eigenvalue weighted by molar-refractivity contribution is -0.125. The highest BCUT2D eigenvalue weighted by Crippen LogP contribution is 2.10. The van der Waals surface area contributed by atoms with E-state index in [-0.39, 0.29) is 5.91 Å². The maximum atomic E-state index is 11.3. The largest absolute Gasteiger partial charge is 0.351 e. The zero-order chi connectivity index (χ0) is 10.7. The fourth-order valence-corrected chi connectivity index (χ4v) is 2.53. The zero-order valence-electron chi connectivity index (χ0n) is 9.46. The van der Waals surface area contributed by atoms with E-state index in [2.05, 4.69) is 22.5 Å². The molecule has 0 bridgehead atoms. The van der Waals surface area contributed by atoms with E-state index in [1.807, 2.05) is 0 Å². The number of piperazine rings is 1. The van der Waals surface area contributed by atoms with Crippen molar-refractivity contribution in [2.45, 2.75) is 38.3 Å². The number of nitrogens with zero attached hydrogens (tertiary/aromatic N) is 1. The first-order valence-corrected chi connectivity index (χ1v) is 5.99. The third-order valence-electron chi connectivity index (χ3n) is 3.26. The maximum absolute atomic E-state index is 11.3. The number of amides is 1. The topological polar surface area (TPSA) is 44.4 Å². The lowest BCUT2D eigenvalue weighted by Gasteiger charge is -2.31. The Balaban J connectivity index is 1.71. The summed E-state index contributed by atoms with van der Waals surface area (Å²) in [6, 6.07) is 0.994. The van der Waals surface area contributed by atoms with Crippen LogP contribution < -0.4 is 10.6 Å². The zero-order valence-corrected chi connectivity index (χ0v) is 9.46. The van der Waals surface area contributed by atoms with E-state index in [1.165, 1.54) is 25.8 Å². The summed E-state index contributed by atoms with van der Waals surface area (Å²) in [5.41, 5.74) is 0. The highest BCUT2D eigenvalue weighted by atomic mass is 16.2. The molecule has 0 aromatic carbocycles. The van der Waals surface area contributed by atoms with Gasteiger partial charge >= 0.3 is 0 Å². The number of carbonyl (C=O) groups is 1. The summed E-state index contributed by atoms with van der Waals surface area (Å²) in [4.78, 5) is 13.6. The molecular weight excluding hydrogens is 190 g/mol. The van der Waals surface area contributed by atoms with Crippen LogP contribution in [0.25, 0.3) is 0 Å². The summed E-state index contributed by atoms with van der Waals surface area (Å²) in [7, 11) is 0. The lowest BCUT2D eigenvalue weighted by atomic mass is 10.1. The highest BCUT2D eigenvalue weighted by Gasteiger charge is 2.22. The quantitative estimate of drug-likeness (QED) is 0.688. The molecule has 4 heteroatoms. The van der Waals surface area contributed by atoms with E-state index in [4.69, 9.17) is 0 Å². The molecular formula is C11H21N3O. The van der Waals surface area contributed by atoms with Crippen LogP contribution in [0.5, 0.6) is 0 Å². The van der Waals surface area contributed by atoms with Gasteiger partial charge in [-0.05, 0) is 32.7 Å². The van der Waals surface area contributed by atoms with Crippen LogP contribution in [0.1, 0.15) is 26.2 Å². The number of carbonyl (C=O) groups excluding carboxylic acids is 1. The maximum Gasteiger partial charge on any atom is 0.234 e. The van der Waals surface area contributed by atoms with Gasteiger partial charge in [0, 0.05) is 25.2 Å². The molecule has 2 saturated heterocycles. The average Bonchev–Trinajstić information content (AvgIpc) is 2.65. The summed E-state index contributed by atoms with van der Waals surface area (Å²) in [5, 5.41) is 6.43. The van der Waals surface area contributed by atoms with Crippen LogP contribution in [0.4, 0.5) is 0 Å². The molecule has 2 N–H and O–H groups in total. The normalized spacial score (nSPS) is 33.0. The Kier molecular flexibility index (Phi) is 3.59. The van der Waals surface area contributed by atoms with Gasteiger partial charge in [-0.15, -0.1) is 0 Å². The molecule has 2 unspecified atom stereocenters. The van der Waals surface area contributed by atoms with Gasteiger partial charge < -0.3 is 10.6 Å². The van der Waals surface area contributed by atoms with Gasteiger partial charge in [0.2, 0.25) is 5.91 Å². The molecule has 0 aromatic rings. The summed E-state index contributed by atoms with van der Waals surface area (Å²) in [5.74, 6) is 0.174. The Labute approximate surface area is 91.4 Å². The van der Waals surface area contributed by atoms with Gasteiger partial charge in [0.25, 0.3) is 0 Å². The van der Waals surface area contributed by atoms with Crippen molar-refractivity contribution in [3.63, 3.8) is 0 Å². The van der Waals surface area contributed by atoms with E-state index in [9.17, 15) is 4.79 Å². The molecule has 2 aliphatic heterocycles. The molecule has 2 aliphatic rings. The van der Waals surface area contributed by atoms with Gasteiger partial charge in [-0.2, -0.15) is 0 Å². The van der Waals surface area contributed by atoms with Crippen LogP contribution >= 0.6 is 0 Å². The van der Waals surface area contributed by atoms with Gasteiger partial charge in [0.05, 0.1) is 6.54 Å². The van der Waals surface area contributed by atoms with Crippen molar-refractivity contribution in [2.24, 2.45) is 0 Å². The van der Waals surface area contributed by atoms with Crippen molar-refractivity contribution < 1.29 is 4.79 Å². The van der Waals surface area contributed by atoms with Crippen molar-refractivity contribution in [2.75, 3.05) is 26.2 Å². The number of hydrogen-bond acceptors (Lipinski definition) is 3. The van der Waals surface area contributed by atoms with Gasteiger partial charge in [-0.1, -0.05) is 0 Å². The molecule has 0 aliphatic carbocycles. The second-order valence-corrected chi connectivity index (χ2v) is 4.79. The highest BCUT2D eigenvalue weighted by molar-refractivity contribution is 5.79. The molecule has 2 atom stereocenters. The fraction of sp³-hybridized carbons (Fsp3) is 0.909. The third-order valence-corrected chi connectivity index (χ3v) is 3.26. The molecule has 4 nitrogen and oxygen atoms in total. The Bertz CT molecular complexity index is 226. The van der Waals surface area contributed by atoms with Crippen molar-refractivity contribution >= 4 is 5.91 Å². The van der Waals surface area contributed by atoms with E-state index in [0.29, 0.717) is 18.6 Å². The predicted octanol–water partition coefficient (Wildman–Crippen LogP) is -0.0512. The summed E-state index contributed by atoms with van der Waals surface area (Å²) in [6.45, 7) is 5.87. The van der Waals surface area contributed by atoms with Crippen LogP contribution in [-0.4, -0.2) is 49.1 Å². The summed E-state index contributed by atoms with van der Waals surface area (Å²) in [6.07, 6.45) is 3.79. The second kappa shape index (κ2) is 4.94. The summed E-state index contributed by atoms with van der Waals surface area (Å²) < 4.78 is 0. The third kappa shape index (κ3) is 3.18. The predicted molar refractivity (Wildman–Crippen MR) is 59.7 cm³/mol. The first-order valence-electron chi connectivity index (χ1n) is 5.99. The minimum Gasteiger partial charge on any atom is -0.351 e. The first kappa shape index (κ1) is 10.9. The van der Waals surface area contributed by atoms with Crippen LogP contribution in [0.15, 0.2) is 0 Å². The van der Waals surface area contributed by atoms with E-state index < -0.39 is 0 Å². The lowest BCUT2D eigenvalue weighted by Crippen LogP contribution is -2.53. The molecule has 15 heavy (non-hydrogen) atoms. The Morgan fingerprint density at radius 1 is 1.53 bits per heavy atom. The number of rotatable bonds is 3. The second-order valence-electron chi connectivity index (χ2n) is 4.79. The smallest absolute Gasteiger partial charge is 0.234 e. The van der Waals surface area contributed by atoms with Crippen molar-refractivity contribution in [1.29, 1.82) is 0 Å². The van der Waals surface area contributed by atoms with Crippen molar-refractivity contribution in [1.82, 2.24) is 15.5 Å². The molecule has 2 rings (SSSR count). The van der Waals surface area contributed by atoms with Gasteiger partial charge in [-0.3, -0.25) is 9.69 Å². The monoisotopic (exact) mass is 211 g/mol. The average molecular weight is 211 g/mol. The van der Waals surface area contributed by atoms with E-state index in [1.54, 1.807) is 0 Å². The first-order chi connectivity index (χ1) is 7.24. The number of nitrogens with one attached hydrogen (secondary N) is 2. The van der Waals surface area contributed by atoms with Crippen LogP contribution in [0, 0.1) is 0 Å². The number of hydrogen-bond donors (Lipinski definition) is 2. The minimum absolute atomic E-state index is 0.174. The van der Waals surface area contributed by atoms with Gasteiger partial charge in [0.1, 0.15) is 0 Å². The Morgan fingerprint density at radius 3 is 3.07 bits per heavy atom. The fourth-order valence-electron chi connectivity index (χ4n) is 2.53. The van der Waals surface area contributed by atoms with Crippen molar-refractivity contribution in [3.8, 4) is 0 Å². The van der Waals surface area contributed by atoms with Crippen LogP contribution in [0.2, 0.25) is 0 Å². The molecule has 0 saturated carbocycles. The molecule has 86 valence electrons. The standard InChI is InChI=1S/C11H21N3O/c1-9-7-14(8-11(15)13-9)6-4-10-3-2-5-12-10/h9-10,12H,2-8H2,1H3,(H,13,15). The minimum atomic E-state index is 0.174. The van der Waals surface area contributed by atoms with E-state index >= 15 is 0 Å². The van der Waals surface area contributed by atoms with Gasteiger partial charge in [-0.25, -0.2) is 0 Å². The van der Waals surface area contributed by atoms with E-state index in [0.717, 1.165) is 13.1 Å². The Hall–Kier alpha value is -0.610. The molecule has 0 spiro atoms. The van der Waals surface area contributed by atoms with Crippen LogP contribution in [0.3, 0.4) is 0 Å².